The standard InChI is InChI=1S/C14H19NO3/c1-13(2,14(15)4-5-14)9-6-11-12(18-8-17-11)7-10(9)16-3/h6-7H,4-5,8,15H2,1-3H3. The highest BCUT2D eigenvalue weighted by atomic mass is 16.7. The zero-order valence-corrected chi connectivity index (χ0v) is 11.1. The van der Waals surface area contributed by atoms with E-state index in [0.717, 1.165) is 35.7 Å². The van der Waals surface area contributed by atoms with Gasteiger partial charge in [-0.25, -0.2) is 0 Å². The van der Waals surface area contributed by atoms with Gasteiger partial charge in [-0.3, -0.25) is 0 Å². The average molecular weight is 249 g/mol. The minimum atomic E-state index is -0.140. The molecule has 4 nitrogen and oxygen atoms in total. The summed E-state index contributed by atoms with van der Waals surface area (Å²) in [5, 5.41) is 0. The second kappa shape index (κ2) is 3.54. The molecule has 18 heavy (non-hydrogen) atoms. The molecule has 0 amide bonds. The lowest BCUT2D eigenvalue weighted by molar-refractivity contribution is 0.173. The van der Waals surface area contributed by atoms with Gasteiger partial charge in [-0.2, -0.15) is 0 Å². The third-order valence-corrected chi connectivity index (χ3v) is 4.40. The molecule has 3 rings (SSSR count). The minimum Gasteiger partial charge on any atom is -0.496 e. The zero-order chi connectivity index (χ0) is 13.0. The van der Waals surface area contributed by atoms with Crippen LogP contribution in [0.1, 0.15) is 32.3 Å². The number of nitrogens with two attached hydrogens (primary N) is 1. The van der Waals surface area contributed by atoms with Gasteiger partial charge in [0, 0.05) is 22.6 Å². The first-order valence-corrected chi connectivity index (χ1v) is 6.25. The zero-order valence-electron chi connectivity index (χ0n) is 11.1. The number of hydrogen-bond donors (Lipinski definition) is 1. The van der Waals surface area contributed by atoms with Crippen LogP contribution in [0.4, 0.5) is 0 Å². The molecule has 1 aliphatic carbocycles. The van der Waals surface area contributed by atoms with Crippen LogP contribution in [0.3, 0.4) is 0 Å². The maximum atomic E-state index is 6.40. The Morgan fingerprint density at radius 3 is 2.39 bits per heavy atom. The summed E-state index contributed by atoms with van der Waals surface area (Å²) in [5.41, 5.74) is 7.22. The third-order valence-electron chi connectivity index (χ3n) is 4.40. The van der Waals surface area contributed by atoms with E-state index in [1.807, 2.05) is 12.1 Å². The Bertz CT molecular complexity index is 492. The maximum absolute atomic E-state index is 6.40. The SMILES string of the molecule is COc1cc2c(cc1C(C)(C)C1(N)CC1)OCO2. The van der Waals surface area contributed by atoms with Gasteiger partial charge in [0.1, 0.15) is 5.75 Å². The Morgan fingerprint density at radius 2 is 1.83 bits per heavy atom. The van der Waals surface area contributed by atoms with E-state index in [4.69, 9.17) is 19.9 Å². The smallest absolute Gasteiger partial charge is 0.231 e. The largest absolute Gasteiger partial charge is 0.496 e. The van der Waals surface area contributed by atoms with Crippen molar-refractivity contribution >= 4 is 0 Å². The van der Waals surface area contributed by atoms with E-state index < -0.39 is 0 Å². The molecule has 0 radical (unpaired) electrons. The molecule has 2 aliphatic rings. The van der Waals surface area contributed by atoms with Crippen molar-refractivity contribution in [1.29, 1.82) is 0 Å². The van der Waals surface area contributed by atoms with Gasteiger partial charge in [-0.05, 0) is 18.9 Å². The Balaban J connectivity index is 2.11. The fourth-order valence-corrected chi connectivity index (χ4v) is 2.61. The van der Waals surface area contributed by atoms with Crippen LogP contribution in [-0.2, 0) is 5.41 Å². The molecule has 0 bridgehead atoms. The van der Waals surface area contributed by atoms with Gasteiger partial charge in [0.25, 0.3) is 0 Å². The Labute approximate surface area is 107 Å². The minimum absolute atomic E-state index is 0.131. The molecule has 0 unspecified atom stereocenters. The van der Waals surface area contributed by atoms with Gasteiger partial charge >= 0.3 is 0 Å². The van der Waals surface area contributed by atoms with Crippen molar-refractivity contribution in [3.8, 4) is 17.2 Å². The van der Waals surface area contributed by atoms with E-state index >= 15 is 0 Å². The van der Waals surface area contributed by atoms with E-state index in [9.17, 15) is 0 Å². The van der Waals surface area contributed by atoms with Crippen LogP contribution < -0.4 is 19.9 Å². The summed E-state index contributed by atoms with van der Waals surface area (Å²) in [6, 6.07) is 3.90. The van der Waals surface area contributed by atoms with Gasteiger partial charge in [0.2, 0.25) is 6.79 Å². The molecule has 0 spiro atoms. The van der Waals surface area contributed by atoms with Crippen LogP contribution in [0.25, 0.3) is 0 Å². The number of ether oxygens (including phenoxy) is 3. The molecule has 0 saturated heterocycles. The van der Waals surface area contributed by atoms with E-state index in [2.05, 4.69) is 13.8 Å². The first kappa shape index (κ1) is 11.7. The Hall–Kier alpha value is -1.42. The molecule has 0 atom stereocenters. The Morgan fingerprint density at radius 1 is 1.22 bits per heavy atom. The van der Waals surface area contributed by atoms with Gasteiger partial charge < -0.3 is 19.9 Å². The number of fused-ring (bicyclic) bond motifs is 1. The van der Waals surface area contributed by atoms with E-state index in [1.54, 1.807) is 7.11 Å². The molecule has 98 valence electrons. The molecule has 1 aliphatic heterocycles. The molecule has 4 heteroatoms. The fourth-order valence-electron chi connectivity index (χ4n) is 2.61. The number of benzene rings is 1. The van der Waals surface area contributed by atoms with Crippen molar-refractivity contribution in [2.45, 2.75) is 37.6 Å². The van der Waals surface area contributed by atoms with Crippen LogP contribution >= 0.6 is 0 Å². The summed E-state index contributed by atoms with van der Waals surface area (Å²) < 4.78 is 16.3. The topological polar surface area (TPSA) is 53.7 Å². The van der Waals surface area contributed by atoms with Gasteiger partial charge in [0.05, 0.1) is 7.11 Å². The second-order valence-electron chi connectivity index (χ2n) is 5.69. The van der Waals surface area contributed by atoms with Crippen LogP contribution in [0.2, 0.25) is 0 Å². The first-order valence-electron chi connectivity index (χ1n) is 6.25. The summed E-state index contributed by atoms with van der Waals surface area (Å²) >= 11 is 0. The lowest BCUT2D eigenvalue weighted by atomic mass is 9.75. The van der Waals surface area contributed by atoms with Crippen molar-refractivity contribution in [2.75, 3.05) is 13.9 Å². The van der Waals surface area contributed by atoms with Crippen molar-refractivity contribution in [3.63, 3.8) is 0 Å². The van der Waals surface area contributed by atoms with Crippen LogP contribution in [-0.4, -0.2) is 19.4 Å². The monoisotopic (exact) mass is 249 g/mol. The van der Waals surface area contributed by atoms with Crippen LogP contribution in [0, 0.1) is 0 Å². The van der Waals surface area contributed by atoms with Crippen molar-refractivity contribution in [3.05, 3.63) is 17.7 Å². The molecular weight excluding hydrogens is 230 g/mol. The normalized spacial score (nSPS) is 19.8. The molecule has 1 heterocycles. The van der Waals surface area contributed by atoms with Crippen LogP contribution in [0.15, 0.2) is 12.1 Å². The summed E-state index contributed by atoms with van der Waals surface area (Å²) in [4.78, 5) is 0. The second-order valence-corrected chi connectivity index (χ2v) is 5.69. The summed E-state index contributed by atoms with van der Waals surface area (Å²) in [6.45, 7) is 4.61. The molecule has 1 saturated carbocycles. The third kappa shape index (κ3) is 1.48. The highest BCUT2D eigenvalue weighted by Crippen LogP contribution is 2.53. The van der Waals surface area contributed by atoms with Gasteiger partial charge in [-0.1, -0.05) is 13.8 Å². The Kier molecular flexibility index (Phi) is 2.29. The highest BCUT2D eigenvalue weighted by Gasteiger charge is 2.53. The lowest BCUT2D eigenvalue weighted by Crippen LogP contribution is -2.43. The van der Waals surface area contributed by atoms with E-state index in [1.165, 1.54) is 0 Å². The molecule has 2 N–H and O–H groups in total. The first-order chi connectivity index (χ1) is 8.48. The van der Waals surface area contributed by atoms with Crippen molar-refractivity contribution in [2.24, 2.45) is 5.73 Å². The quantitative estimate of drug-likeness (QED) is 0.892. The predicted molar refractivity (Wildman–Crippen MR) is 68.3 cm³/mol. The maximum Gasteiger partial charge on any atom is 0.231 e. The van der Waals surface area contributed by atoms with Crippen LogP contribution in [0.5, 0.6) is 17.2 Å². The van der Waals surface area contributed by atoms with E-state index in [0.29, 0.717) is 0 Å². The number of hydrogen-bond acceptors (Lipinski definition) is 4. The molecule has 1 fully saturated rings. The number of methoxy groups -OCH3 is 1. The summed E-state index contributed by atoms with van der Waals surface area (Å²) in [5.74, 6) is 2.34. The molecule has 1 aromatic rings. The molecular formula is C14H19NO3. The summed E-state index contributed by atoms with van der Waals surface area (Å²) in [6.07, 6.45) is 2.11. The predicted octanol–water partition coefficient (Wildman–Crippen LogP) is 2.19. The summed E-state index contributed by atoms with van der Waals surface area (Å²) in [7, 11) is 1.67. The van der Waals surface area contributed by atoms with Crippen molar-refractivity contribution in [1.82, 2.24) is 0 Å². The van der Waals surface area contributed by atoms with E-state index in [-0.39, 0.29) is 17.7 Å². The molecule has 0 aromatic heterocycles. The van der Waals surface area contributed by atoms with Gasteiger partial charge in [0.15, 0.2) is 11.5 Å². The fraction of sp³-hybridized carbons (Fsp3) is 0.571. The van der Waals surface area contributed by atoms with Crippen molar-refractivity contribution < 1.29 is 14.2 Å². The molecule has 1 aromatic carbocycles. The van der Waals surface area contributed by atoms with Gasteiger partial charge in [-0.15, -0.1) is 0 Å². The number of rotatable bonds is 3. The average Bonchev–Trinajstić information content (AvgIpc) is 2.94. The lowest BCUT2D eigenvalue weighted by Gasteiger charge is -2.33. The highest BCUT2D eigenvalue weighted by molar-refractivity contribution is 5.55.